The summed E-state index contributed by atoms with van der Waals surface area (Å²) < 4.78 is 5.12. The minimum atomic E-state index is -0.348. The lowest BCUT2D eigenvalue weighted by Gasteiger charge is -2.26. The molecule has 0 aliphatic carbocycles. The monoisotopic (exact) mass is 460 g/mol. The van der Waals surface area contributed by atoms with Crippen LogP contribution in [0.4, 0.5) is 5.13 Å². The lowest BCUT2D eigenvalue weighted by Crippen LogP contribution is -2.42. The number of hydrogen-bond acceptors (Lipinski definition) is 6. The van der Waals surface area contributed by atoms with Gasteiger partial charge < -0.3 is 20.3 Å². The molecule has 2 N–H and O–H groups in total. The molecule has 3 amide bonds. The minimum Gasteiger partial charge on any atom is -0.497 e. The summed E-state index contributed by atoms with van der Waals surface area (Å²) >= 11 is 1.25. The maximum absolute atomic E-state index is 12.9. The van der Waals surface area contributed by atoms with E-state index in [9.17, 15) is 14.4 Å². The van der Waals surface area contributed by atoms with Gasteiger partial charge in [0.25, 0.3) is 5.91 Å². The zero-order chi connectivity index (χ0) is 23.8. The number of anilines is 1. The topological polar surface area (TPSA) is 101 Å². The highest BCUT2D eigenvalue weighted by atomic mass is 32.1. The van der Waals surface area contributed by atoms with Crippen molar-refractivity contribution < 1.29 is 19.1 Å². The number of nitrogens with one attached hydrogen (secondary N) is 2. The van der Waals surface area contributed by atoms with E-state index in [0.29, 0.717) is 28.1 Å². The van der Waals surface area contributed by atoms with Crippen molar-refractivity contribution in [3.05, 3.63) is 40.9 Å². The highest BCUT2D eigenvalue weighted by molar-refractivity contribution is 7.13. The summed E-state index contributed by atoms with van der Waals surface area (Å²) in [6.45, 7) is 9.65. The van der Waals surface area contributed by atoms with Crippen LogP contribution in [0.5, 0.6) is 5.75 Å². The van der Waals surface area contributed by atoms with Crippen LogP contribution in [0.1, 0.15) is 50.7 Å². The van der Waals surface area contributed by atoms with Crippen molar-refractivity contribution in [3.63, 3.8) is 0 Å². The molecule has 0 aliphatic heterocycles. The van der Waals surface area contributed by atoms with Gasteiger partial charge in [-0.2, -0.15) is 0 Å². The first-order valence-corrected chi connectivity index (χ1v) is 11.5. The maximum Gasteiger partial charge on any atom is 0.254 e. The van der Waals surface area contributed by atoms with Gasteiger partial charge >= 0.3 is 0 Å². The summed E-state index contributed by atoms with van der Waals surface area (Å²) in [5.41, 5.74) is 1.07. The van der Waals surface area contributed by atoms with E-state index in [4.69, 9.17) is 4.74 Å². The average molecular weight is 461 g/mol. The number of aromatic nitrogens is 1. The Hall–Kier alpha value is -2.94. The predicted octanol–water partition coefficient (Wildman–Crippen LogP) is 3.34. The molecule has 1 unspecified atom stereocenters. The molecular formula is C23H32N4O4S. The highest BCUT2D eigenvalue weighted by Gasteiger charge is 2.22. The van der Waals surface area contributed by atoms with Crippen LogP contribution >= 0.6 is 11.3 Å². The van der Waals surface area contributed by atoms with Gasteiger partial charge in [-0.1, -0.05) is 13.8 Å². The molecule has 32 heavy (non-hydrogen) atoms. The molecule has 0 bridgehead atoms. The lowest BCUT2D eigenvalue weighted by atomic mass is 10.1. The second-order valence-corrected chi connectivity index (χ2v) is 9.08. The van der Waals surface area contributed by atoms with Crippen LogP contribution in [0.3, 0.4) is 0 Å². The molecule has 1 atom stereocenters. The smallest absolute Gasteiger partial charge is 0.254 e. The van der Waals surface area contributed by atoms with Crippen molar-refractivity contribution in [2.24, 2.45) is 5.92 Å². The van der Waals surface area contributed by atoms with Gasteiger partial charge in [0.1, 0.15) is 12.3 Å². The molecule has 2 rings (SSSR count). The van der Waals surface area contributed by atoms with Gasteiger partial charge in [-0.25, -0.2) is 4.98 Å². The van der Waals surface area contributed by atoms with E-state index in [1.165, 1.54) is 16.2 Å². The maximum atomic E-state index is 12.9. The van der Waals surface area contributed by atoms with Crippen LogP contribution in [-0.4, -0.2) is 53.3 Å². The number of rotatable bonds is 10. The molecule has 1 aromatic carbocycles. The van der Waals surface area contributed by atoms with Crippen LogP contribution in [0.25, 0.3) is 0 Å². The molecule has 0 saturated heterocycles. The first kappa shape index (κ1) is 25.3. The summed E-state index contributed by atoms with van der Waals surface area (Å²) in [6.07, 6.45) is 0.150. The van der Waals surface area contributed by atoms with Gasteiger partial charge in [0.05, 0.1) is 19.2 Å². The Bertz CT molecular complexity index is 924. The van der Waals surface area contributed by atoms with E-state index >= 15 is 0 Å². The molecule has 0 fully saturated rings. The van der Waals surface area contributed by atoms with Crippen molar-refractivity contribution in [2.75, 3.05) is 19.0 Å². The lowest BCUT2D eigenvalue weighted by molar-refractivity contribution is -0.121. The van der Waals surface area contributed by atoms with E-state index in [-0.39, 0.29) is 42.8 Å². The zero-order valence-corrected chi connectivity index (χ0v) is 20.3. The molecule has 9 heteroatoms. The van der Waals surface area contributed by atoms with Gasteiger partial charge in [0.15, 0.2) is 5.13 Å². The molecule has 2 aromatic rings. The Labute approximate surface area is 193 Å². The minimum absolute atomic E-state index is 0.0746. The number of benzene rings is 1. The fourth-order valence-electron chi connectivity index (χ4n) is 2.78. The second kappa shape index (κ2) is 11.6. The number of carbonyl (C=O) groups excluding carboxylic acids is 3. The number of methoxy groups -OCH3 is 1. The summed E-state index contributed by atoms with van der Waals surface area (Å²) in [5, 5.41) is 7.81. The van der Waals surface area contributed by atoms with Crippen LogP contribution < -0.4 is 15.4 Å². The summed E-state index contributed by atoms with van der Waals surface area (Å²) in [7, 11) is 1.56. The Morgan fingerprint density at radius 3 is 2.28 bits per heavy atom. The average Bonchev–Trinajstić information content (AvgIpc) is 3.17. The first-order chi connectivity index (χ1) is 15.1. The predicted molar refractivity (Wildman–Crippen MR) is 126 cm³/mol. The van der Waals surface area contributed by atoms with E-state index in [1.807, 2.05) is 34.6 Å². The molecule has 1 heterocycles. The van der Waals surface area contributed by atoms with Crippen molar-refractivity contribution in [1.29, 1.82) is 0 Å². The Balaban J connectivity index is 1.96. The number of thiazole rings is 1. The number of ether oxygens (including phenoxy) is 1. The van der Waals surface area contributed by atoms with Crippen LogP contribution in [-0.2, 0) is 16.0 Å². The normalized spacial score (nSPS) is 11.9. The number of nitrogens with zero attached hydrogens (tertiary/aromatic N) is 2. The quantitative estimate of drug-likeness (QED) is 0.566. The van der Waals surface area contributed by atoms with Gasteiger partial charge in [-0.05, 0) is 51.0 Å². The third-order valence-electron chi connectivity index (χ3n) is 5.06. The van der Waals surface area contributed by atoms with Crippen molar-refractivity contribution in [2.45, 2.75) is 53.1 Å². The summed E-state index contributed by atoms with van der Waals surface area (Å²) in [5.74, 6) is 0.300. The first-order valence-electron chi connectivity index (χ1n) is 10.6. The molecule has 174 valence electrons. The molecule has 0 aliphatic rings. The third kappa shape index (κ3) is 7.33. The van der Waals surface area contributed by atoms with Gasteiger partial charge in [-0.15, -0.1) is 11.3 Å². The molecule has 0 saturated carbocycles. The largest absolute Gasteiger partial charge is 0.497 e. The van der Waals surface area contributed by atoms with Crippen LogP contribution in [0.15, 0.2) is 29.6 Å². The third-order valence-corrected chi connectivity index (χ3v) is 5.87. The second-order valence-electron chi connectivity index (χ2n) is 8.22. The zero-order valence-electron chi connectivity index (χ0n) is 19.5. The van der Waals surface area contributed by atoms with E-state index < -0.39 is 0 Å². The summed E-state index contributed by atoms with van der Waals surface area (Å²) in [6, 6.07) is 6.67. The van der Waals surface area contributed by atoms with Crippen LogP contribution in [0.2, 0.25) is 0 Å². The Morgan fingerprint density at radius 2 is 1.72 bits per heavy atom. The SMILES string of the molecule is COc1ccc(C(=O)N(CC(=O)Nc2nc(CC(=O)NC(C)C(C)C)cs2)C(C)C)cc1. The summed E-state index contributed by atoms with van der Waals surface area (Å²) in [4.78, 5) is 43.4. The van der Waals surface area contributed by atoms with Crippen LogP contribution in [0, 0.1) is 5.92 Å². The van der Waals surface area contributed by atoms with Gasteiger partial charge in [-0.3, -0.25) is 14.4 Å². The van der Waals surface area contributed by atoms with Gasteiger partial charge in [0.2, 0.25) is 11.8 Å². The Morgan fingerprint density at radius 1 is 1.06 bits per heavy atom. The van der Waals surface area contributed by atoms with E-state index in [1.54, 1.807) is 36.8 Å². The molecule has 0 spiro atoms. The Kier molecular flexibility index (Phi) is 9.19. The molecule has 0 radical (unpaired) electrons. The van der Waals surface area contributed by atoms with Crippen molar-refractivity contribution >= 4 is 34.2 Å². The fourth-order valence-corrected chi connectivity index (χ4v) is 3.51. The standard InChI is InChI=1S/C23H32N4O4S/c1-14(2)16(5)24-20(28)11-18-13-32-23(25-18)26-21(29)12-27(15(3)4)22(30)17-7-9-19(31-6)10-8-17/h7-10,13-16H,11-12H2,1-6H3,(H,24,28)(H,25,26,29). The molecular weight excluding hydrogens is 428 g/mol. The number of hydrogen-bond donors (Lipinski definition) is 2. The van der Waals surface area contributed by atoms with Crippen molar-refractivity contribution in [1.82, 2.24) is 15.2 Å². The van der Waals surface area contributed by atoms with Crippen molar-refractivity contribution in [3.8, 4) is 5.75 Å². The van der Waals surface area contributed by atoms with E-state index in [2.05, 4.69) is 15.6 Å². The van der Waals surface area contributed by atoms with Gasteiger partial charge in [0, 0.05) is 23.0 Å². The molecule has 8 nitrogen and oxygen atoms in total. The highest BCUT2D eigenvalue weighted by Crippen LogP contribution is 2.17. The van der Waals surface area contributed by atoms with E-state index in [0.717, 1.165) is 0 Å². The molecule has 1 aromatic heterocycles. The number of carbonyl (C=O) groups is 3. The fraction of sp³-hybridized carbons (Fsp3) is 0.478. The number of amides is 3.